The molecule has 1 heterocycles. The molecule has 1 aromatic carbocycles. The van der Waals surface area contributed by atoms with Crippen molar-refractivity contribution in [1.29, 1.82) is 0 Å². The molecule has 1 aliphatic carbocycles. The minimum Gasteiger partial charge on any atom is -0.464 e. The fourth-order valence-corrected chi connectivity index (χ4v) is 2.68. The predicted molar refractivity (Wildman–Crippen MR) is 73.6 cm³/mol. The second-order valence-corrected chi connectivity index (χ2v) is 5.69. The standard InChI is InChI=1S/C16H21NO2/c18-16(19-12-14-8-9-14)15-7-4-10-17(15)11-13-5-2-1-3-6-13/h1-3,5-6,14-15H,4,7-12H2/t15-/m1/s1. The molecule has 102 valence electrons. The van der Waals surface area contributed by atoms with E-state index in [-0.39, 0.29) is 12.0 Å². The minimum absolute atomic E-state index is 0.0136. The highest BCUT2D eigenvalue weighted by Gasteiger charge is 2.33. The van der Waals surface area contributed by atoms with Crippen LogP contribution in [0, 0.1) is 5.92 Å². The molecule has 0 amide bonds. The largest absolute Gasteiger partial charge is 0.464 e. The lowest BCUT2D eigenvalue weighted by Gasteiger charge is -2.23. The number of esters is 1. The van der Waals surface area contributed by atoms with Gasteiger partial charge in [-0.2, -0.15) is 0 Å². The van der Waals surface area contributed by atoms with Gasteiger partial charge in [-0.05, 0) is 43.7 Å². The molecule has 0 unspecified atom stereocenters. The number of hydrogen-bond acceptors (Lipinski definition) is 3. The van der Waals surface area contributed by atoms with E-state index in [1.807, 2.05) is 18.2 Å². The summed E-state index contributed by atoms with van der Waals surface area (Å²) in [5.41, 5.74) is 1.27. The Labute approximate surface area is 114 Å². The Hall–Kier alpha value is -1.35. The number of carbonyl (C=O) groups excluding carboxylic acids is 1. The van der Waals surface area contributed by atoms with E-state index in [2.05, 4.69) is 17.0 Å². The van der Waals surface area contributed by atoms with Gasteiger partial charge in [-0.15, -0.1) is 0 Å². The monoisotopic (exact) mass is 259 g/mol. The van der Waals surface area contributed by atoms with Gasteiger partial charge in [0.05, 0.1) is 6.61 Å². The first-order chi connectivity index (χ1) is 9.33. The van der Waals surface area contributed by atoms with Gasteiger partial charge in [0.25, 0.3) is 0 Å². The van der Waals surface area contributed by atoms with E-state index in [0.717, 1.165) is 25.9 Å². The van der Waals surface area contributed by atoms with Gasteiger partial charge in [0, 0.05) is 6.54 Å². The van der Waals surface area contributed by atoms with Crippen molar-refractivity contribution in [2.45, 2.75) is 38.3 Å². The van der Waals surface area contributed by atoms with E-state index in [1.54, 1.807) is 0 Å². The maximum atomic E-state index is 12.1. The van der Waals surface area contributed by atoms with Crippen molar-refractivity contribution in [1.82, 2.24) is 4.90 Å². The van der Waals surface area contributed by atoms with Gasteiger partial charge in [0.2, 0.25) is 0 Å². The Bertz CT molecular complexity index is 428. The molecule has 2 fully saturated rings. The van der Waals surface area contributed by atoms with Crippen LogP contribution in [0.4, 0.5) is 0 Å². The summed E-state index contributed by atoms with van der Waals surface area (Å²) in [6, 6.07) is 10.3. The van der Waals surface area contributed by atoms with Crippen LogP contribution in [0.3, 0.4) is 0 Å². The molecule has 0 bridgehead atoms. The molecule has 2 aliphatic rings. The van der Waals surface area contributed by atoms with Crippen molar-refractivity contribution in [3.63, 3.8) is 0 Å². The third-order valence-electron chi connectivity index (χ3n) is 4.02. The smallest absolute Gasteiger partial charge is 0.323 e. The Morgan fingerprint density at radius 3 is 2.74 bits per heavy atom. The highest BCUT2D eigenvalue weighted by atomic mass is 16.5. The van der Waals surface area contributed by atoms with Crippen LogP contribution in [0.15, 0.2) is 30.3 Å². The normalized spacial score (nSPS) is 23.5. The number of carbonyl (C=O) groups is 1. The number of ether oxygens (including phenoxy) is 1. The molecular formula is C16H21NO2. The molecule has 0 N–H and O–H groups in total. The predicted octanol–water partition coefficient (Wildman–Crippen LogP) is 2.60. The fourth-order valence-electron chi connectivity index (χ4n) is 2.68. The van der Waals surface area contributed by atoms with Gasteiger partial charge in [0.15, 0.2) is 0 Å². The van der Waals surface area contributed by atoms with Crippen molar-refractivity contribution in [2.75, 3.05) is 13.2 Å². The van der Waals surface area contributed by atoms with Crippen molar-refractivity contribution < 1.29 is 9.53 Å². The van der Waals surface area contributed by atoms with Crippen LogP contribution < -0.4 is 0 Å². The minimum atomic E-state index is -0.0287. The SMILES string of the molecule is O=C(OCC1CC1)[C@H]1CCCN1Cc1ccccc1. The molecule has 0 spiro atoms. The molecule has 1 atom stereocenters. The van der Waals surface area contributed by atoms with Crippen LogP contribution in [-0.2, 0) is 16.1 Å². The second-order valence-electron chi connectivity index (χ2n) is 5.69. The van der Waals surface area contributed by atoms with Gasteiger partial charge < -0.3 is 4.74 Å². The third-order valence-corrected chi connectivity index (χ3v) is 4.02. The van der Waals surface area contributed by atoms with Crippen molar-refractivity contribution in [3.8, 4) is 0 Å². The van der Waals surface area contributed by atoms with Crippen molar-refractivity contribution in [2.24, 2.45) is 5.92 Å². The lowest BCUT2D eigenvalue weighted by molar-refractivity contribution is -0.149. The highest BCUT2D eigenvalue weighted by molar-refractivity contribution is 5.76. The maximum Gasteiger partial charge on any atom is 0.323 e. The molecule has 1 saturated carbocycles. The summed E-state index contributed by atoms with van der Waals surface area (Å²) in [5.74, 6) is 0.633. The van der Waals surface area contributed by atoms with Crippen LogP contribution >= 0.6 is 0 Å². The molecule has 1 saturated heterocycles. The van der Waals surface area contributed by atoms with E-state index in [0.29, 0.717) is 12.5 Å². The summed E-state index contributed by atoms with van der Waals surface area (Å²) < 4.78 is 5.44. The van der Waals surface area contributed by atoms with Gasteiger partial charge >= 0.3 is 5.97 Å². The topological polar surface area (TPSA) is 29.5 Å². The second kappa shape index (κ2) is 5.74. The van der Waals surface area contributed by atoms with E-state index >= 15 is 0 Å². The zero-order valence-corrected chi connectivity index (χ0v) is 11.3. The lowest BCUT2D eigenvalue weighted by Crippen LogP contribution is -2.37. The quantitative estimate of drug-likeness (QED) is 0.761. The Morgan fingerprint density at radius 1 is 1.21 bits per heavy atom. The van der Waals surface area contributed by atoms with Gasteiger partial charge in [-0.1, -0.05) is 30.3 Å². The average Bonchev–Trinajstić information content (AvgIpc) is 3.16. The van der Waals surface area contributed by atoms with E-state index in [4.69, 9.17) is 4.74 Å². The summed E-state index contributed by atoms with van der Waals surface area (Å²) in [7, 11) is 0. The first-order valence-electron chi connectivity index (χ1n) is 7.27. The van der Waals surface area contributed by atoms with Crippen LogP contribution in [-0.4, -0.2) is 30.1 Å². The summed E-state index contributed by atoms with van der Waals surface area (Å²) in [5, 5.41) is 0. The molecule has 3 heteroatoms. The molecule has 3 nitrogen and oxygen atoms in total. The lowest BCUT2D eigenvalue weighted by atomic mass is 10.2. The molecule has 0 radical (unpaired) electrons. The Kier molecular flexibility index (Phi) is 3.83. The molecule has 0 aromatic heterocycles. The van der Waals surface area contributed by atoms with Crippen LogP contribution in [0.2, 0.25) is 0 Å². The van der Waals surface area contributed by atoms with Crippen molar-refractivity contribution in [3.05, 3.63) is 35.9 Å². The van der Waals surface area contributed by atoms with E-state index in [9.17, 15) is 4.79 Å². The molecule has 1 aliphatic heterocycles. The van der Waals surface area contributed by atoms with Crippen LogP contribution in [0.1, 0.15) is 31.2 Å². The number of likely N-dealkylation sites (tertiary alicyclic amines) is 1. The first-order valence-corrected chi connectivity index (χ1v) is 7.27. The van der Waals surface area contributed by atoms with E-state index in [1.165, 1.54) is 18.4 Å². The Balaban J connectivity index is 1.55. The van der Waals surface area contributed by atoms with Gasteiger partial charge in [0.1, 0.15) is 6.04 Å². The number of nitrogens with zero attached hydrogens (tertiary/aromatic N) is 1. The van der Waals surface area contributed by atoms with Crippen molar-refractivity contribution >= 4 is 5.97 Å². The summed E-state index contributed by atoms with van der Waals surface area (Å²) >= 11 is 0. The summed E-state index contributed by atoms with van der Waals surface area (Å²) in [6.07, 6.45) is 4.49. The fraction of sp³-hybridized carbons (Fsp3) is 0.562. The van der Waals surface area contributed by atoms with Gasteiger partial charge in [-0.3, -0.25) is 9.69 Å². The maximum absolute atomic E-state index is 12.1. The number of benzene rings is 1. The molecule has 19 heavy (non-hydrogen) atoms. The Morgan fingerprint density at radius 2 is 2.00 bits per heavy atom. The third kappa shape index (κ3) is 3.35. The molecular weight excluding hydrogens is 238 g/mol. The van der Waals surface area contributed by atoms with Crippen LogP contribution in [0.25, 0.3) is 0 Å². The van der Waals surface area contributed by atoms with Gasteiger partial charge in [-0.25, -0.2) is 0 Å². The molecule has 1 aromatic rings. The zero-order valence-electron chi connectivity index (χ0n) is 11.3. The summed E-state index contributed by atoms with van der Waals surface area (Å²) in [4.78, 5) is 14.4. The molecule has 3 rings (SSSR count). The van der Waals surface area contributed by atoms with E-state index < -0.39 is 0 Å². The highest BCUT2D eigenvalue weighted by Crippen LogP contribution is 2.29. The first kappa shape index (κ1) is 12.7. The summed E-state index contributed by atoms with van der Waals surface area (Å²) in [6.45, 7) is 2.48. The zero-order chi connectivity index (χ0) is 13.1. The number of hydrogen-bond donors (Lipinski definition) is 0. The number of rotatable bonds is 5. The average molecular weight is 259 g/mol. The van der Waals surface area contributed by atoms with Crippen LogP contribution in [0.5, 0.6) is 0 Å².